The number of hydrogen-bond donors (Lipinski definition) is 0. The molecule has 0 aliphatic heterocycles. The summed E-state index contributed by atoms with van der Waals surface area (Å²) in [4.78, 5) is 4.52. The van der Waals surface area contributed by atoms with E-state index in [1.165, 1.54) is 0 Å². The summed E-state index contributed by atoms with van der Waals surface area (Å²) in [6.45, 7) is 0. The van der Waals surface area contributed by atoms with Gasteiger partial charge in [-0.15, -0.1) is 0 Å². The Balaban J connectivity index is 1.89. The predicted octanol–water partition coefficient (Wildman–Crippen LogP) is 6.03. The molecule has 7 heteroatoms. The molecule has 0 aliphatic rings. The standard InChI is InChI=1S/C22H18Cl2N2O3/c1-27-20-10-15(11-21(28-2)22(20)29-3)26-12-25-18-7-4-13(8-19(18)26)16-6-5-14(23)9-17(16)24/h4-12H,1-3H3. The fraction of sp³-hybridized carbons (Fsp3) is 0.136. The molecular formula is C22H18Cl2N2O3. The predicted molar refractivity (Wildman–Crippen MR) is 116 cm³/mol. The maximum Gasteiger partial charge on any atom is 0.203 e. The van der Waals surface area contributed by atoms with Crippen molar-refractivity contribution in [1.29, 1.82) is 0 Å². The van der Waals surface area contributed by atoms with E-state index in [9.17, 15) is 0 Å². The molecule has 0 spiro atoms. The molecule has 4 aromatic rings. The first-order valence-electron chi connectivity index (χ1n) is 8.78. The van der Waals surface area contributed by atoms with Crippen molar-refractivity contribution in [1.82, 2.24) is 9.55 Å². The Morgan fingerprint density at radius 3 is 2.17 bits per heavy atom. The van der Waals surface area contributed by atoms with E-state index in [0.29, 0.717) is 27.3 Å². The number of aromatic nitrogens is 2. The van der Waals surface area contributed by atoms with Crippen molar-refractivity contribution >= 4 is 34.2 Å². The van der Waals surface area contributed by atoms with Gasteiger partial charge in [0, 0.05) is 27.7 Å². The van der Waals surface area contributed by atoms with E-state index in [4.69, 9.17) is 37.4 Å². The largest absolute Gasteiger partial charge is 0.493 e. The lowest BCUT2D eigenvalue weighted by Crippen LogP contribution is -1.99. The van der Waals surface area contributed by atoms with Gasteiger partial charge in [-0.05, 0) is 29.8 Å². The van der Waals surface area contributed by atoms with E-state index in [1.54, 1.807) is 33.7 Å². The van der Waals surface area contributed by atoms with Crippen LogP contribution in [0.4, 0.5) is 0 Å². The quantitative estimate of drug-likeness (QED) is 0.389. The van der Waals surface area contributed by atoms with Crippen LogP contribution in [0, 0.1) is 0 Å². The first-order chi connectivity index (χ1) is 14.0. The Bertz CT molecular complexity index is 1180. The third kappa shape index (κ3) is 3.48. The van der Waals surface area contributed by atoms with Crippen LogP contribution in [0.5, 0.6) is 17.2 Å². The Morgan fingerprint density at radius 1 is 0.828 bits per heavy atom. The van der Waals surface area contributed by atoms with Gasteiger partial charge in [0.15, 0.2) is 11.5 Å². The number of imidazole rings is 1. The van der Waals surface area contributed by atoms with Crippen LogP contribution in [0.3, 0.4) is 0 Å². The van der Waals surface area contributed by atoms with Gasteiger partial charge in [-0.1, -0.05) is 35.3 Å². The summed E-state index contributed by atoms with van der Waals surface area (Å²) in [5.41, 5.74) is 4.47. The highest BCUT2D eigenvalue weighted by atomic mass is 35.5. The third-order valence-electron chi connectivity index (χ3n) is 4.72. The summed E-state index contributed by atoms with van der Waals surface area (Å²) in [7, 11) is 4.76. The lowest BCUT2D eigenvalue weighted by atomic mass is 10.0. The molecule has 0 N–H and O–H groups in total. The molecule has 3 aromatic carbocycles. The van der Waals surface area contributed by atoms with E-state index in [1.807, 2.05) is 47.0 Å². The number of fused-ring (bicyclic) bond motifs is 1. The molecule has 0 bridgehead atoms. The van der Waals surface area contributed by atoms with E-state index in [2.05, 4.69) is 4.98 Å². The van der Waals surface area contributed by atoms with Gasteiger partial charge < -0.3 is 14.2 Å². The molecule has 0 saturated carbocycles. The van der Waals surface area contributed by atoms with Gasteiger partial charge in [-0.3, -0.25) is 4.57 Å². The van der Waals surface area contributed by atoms with E-state index in [-0.39, 0.29) is 0 Å². The molecule has 1 heterocycles. The van der Waals surface area contributed by atoms with Crippen LogP contribution >= 0.6 is 23.2 Å². The third-order valence-corrected chi connectivity index (χ3v) is 5.26. The van der Waals surface area contributed by atoms with E-state index in [0.717, 1.165) is 27.8 Å². The lowest BCUT2D eigenvalue weighted by molar-refractivity contribution is 0.324. The van der Waals surface area contributed by atoms with Crippen LogP contribution in [-0.2, 0) is 0 Å². The van der Waals surface area contributed by atoms with Gasteiger partial charge in [0.25, 0.3) is 0 Å². The van der Waals surface area contributed by atoms with E-state index < -0.39 is 0 Å². The first kappa shape index (κ1) is 19.4. The average Bonchev–Trinajstić information content (AvgIpc) is 3.15. The number of benzene rings is 3. The number of hydrogen-bond acceptors (Lipinski definition) is 4. The monoisotopic (exact) mass is 428 g/mol. The normalized spacial score (nSPS) is 10.9. The first-order valence-corrected chi connectivity index (χ1v) is 9.54. The zero-order chi connectivity index (χ0) is 20.5. The molecule has 0 saturated heterocycles. The highest BCUT2D eigenvalue weighted by Gasteiger charge is 2.16. The van der Waals surface area contributed by atoms with Gasteiger partial charge in [0.1, 0.15) is 6.33 Å². The van der Waals surface area contributed by atoms with Crippen molar-refractivity contribution in [3.8, 4) is 34.1 Å². The maximum absolute atomic E-state index is 6.40. The Labute approximate surface area is 178 Å². The summed E-state index contributed by atoms with van der Waals surface area (Å²) in [6.07, 6.45) is 1.76. The molecule has 0 atom stereocenters. The van der Waals surface area contributed by atoms with Crippen LogP contribution in [-0.4, -0.2) is 30.9 Å². The zero-order valence-electron chi connectivity index (χ0n) is 16.1. The lowest BCUT2D eigenvalue weighted by Gasteiger charge is -2.15. The summed E-state index contributed by atoms with van der Waals surface area (Å²) in [5.74, 6) is 1.68. The molecule has 0 aliphatic carbocycles. The fourth-order valence-corrected chi connectivity index (χ4v) is 3.83. The molecule has 0 radical (unpaired) electrons. The summed E-state index contributed by atoms with van der Waals surface area (Å²) in [5, 5.41) is 1.19. The fourth-order valence-electron chi connectivity index (χ4n) is 3.31. The van der Waals surface area contributed by atoms with Gasteiger partial charge in [-0.25, -0.2) is 4.98 Å². The number of ether oxygens (including phenoxy) is 3. The average molecular weight is 429 g/mol. The molecule has 29 heavy (non-hydrogen) atoms. The van der Waals surface area contributed by atoms with Crippen LogP contribution in [0.1, 0.15) is 0 Å². The van der Waals surface area contributed by atoms with Crippen molar-refractivity contribution in [3.63, 3.8) is 0 Å². The number of rotatable bonds is 5. The second-order valence-corrected chi connectivity index (χ2v) is 7.17. The van der Waals surface area contributed by atoms with Gasteiger partial charge in [0.2, 0.25) is 5.75 Å². The second-order valence-electron chi connectivity index (χ2n) is 6.33. The zero-order valence-corrected chi connectivity index (χ0v) is 17.6. The van der Waals surface area contributed by atoms with Crippen LogP contribution in [0.25, 0.3) is 27.8 Å². The minimum absolute atomic E-state index is 0.539. The number of nitrogens with zero attached hydrogens (tertiary/aromatic N) is 2. The molecule has 5 nitrogen and oxygen atoms in total. The molecule has 0 fully saturated rings. The van der Waals surface area contributed by atoms with Crippen molar-refractivity contribution in [2.45, 2.75) is 0 Å². The molecule has 1 aromatic heterocycles. The van der Waals surface area contributed by atoms with Crippen molar-refractivity contribution in [2.24, 2.45) is 0 Å². The van der Waals surface area contributed by atoms with Gasteiger partial charge in [0.05, 0.1) is 38.1 Å². The minimum atomic E-state index is 0.539. The molecule has 0 unspecified atom stereocenters. The number of halogens is 2. The highest BCUT2D eigenvalue weighted by molar-refractivity contribution is 6.36. The van der Waals surface area contributed by atoms with Crippen LogP contribution < -0.4 is 14.2 Å². The SMILES string of the molecule is COc1cc(-n2cnc3ccc(-c4ccc(Cl)cc4Cl)cc32)cc(OC)c1OC. The van der Waals surface area contributed by atoms with E-state index >= 15 is 0 Å². The van der Waals surface area contributed by atoms with Crippen LogP contribution in [0.15, 0.2) is 54.9 Å². The highest BCUT2D eigenvalue weighted by Crippen LogP contribution is 2.40. The summed E-state index contributed by atoms with van der Waals surface area (Å²) < 4.78 is 18.3. The van der Waals surface area contributed by atoms with Gasteiger partial charge in [-0.2, -0.15) is 0 Å². The maximum atomic E-state index is 6.40. The molecule has 4 rings (SSSR count). The Kier molecular flexibility index (Phi) is 5.26. The van der Waals surface area contributed by atoms with Crippen molar-refractivity contribution in [3.05, 3.63) is 64.9 Å². The Morgan fingerprint density at radius 2 is 1.55 bits per heavy atom. The summed E-state index contributed by atoms with van der Waals surface area (Å²) in [6, 6.07) is 15.2. The molecular weight excluding hydrogens is 411 g/mol. The van der Waals surface area contributed by atoms with Crippen molar-refractivity contribution < 1.29 is 14.2 Å². The summed E-state index contributed by atoms with van der Waals surface area (Å²) >= 11 is 12.4. The second kappa shape index (κ2) is 7.85. The smallest absolute Gasteiger partial charge is 0.203 e. The van der Waals surface area contributed by atoms with Gasteiger partial charge >= 0.3 is 0 Å². The molecule has 148 valence electrons. The molecule has 0 amide bonds. The van der Waals surface area contributed by atoms with Crippen molar-refractivity contribution in [2.75, 3.05) is 21.3 Å². The Hall–Kier alpha value is -2.89. The number of methoxy groups -OCH3 is 3. The minimum Gasteiger partial charge on any atom is -0.493 e. The topological polar surface area (TPSA) is 45.5 Å². The van der Waals surface area contributed by atoms with Crippen LogP contribution in [0.2, 0.25) is 10.0 Å².